The van der Waals surface area contributed by atoms with Gasteiger partial charge in [-0.05, 0) is 33.9 Å². The summed E-state index contributed by atoms with van der Waals surface area (Å²) in [7, 11) is 2.83. The van der Waals surface area contributed by atoms with Crippen molar-refractivity contribution in [2.75, 3.05) is 5.49 Å². The standard InChI is InChI=1S/C25H21PS/c26-18-27-23-17-16-22(19-10-4-1-5-11-19)24(20-12-6-2-7-13-20)25(23)21-14-8-3-9-15-21/h1-17H,18,26H2. The molecule has 0 aliphatic rings. The third kappa shape index (κ3) is 3.86. The molecular weight excluding hydrogens is 363 g/mol. The van der Waals surface area contributed by atoms with E-state index in [4.69, 9.17) is 0 Å². The van der Waals surface area contributed by atoms with Crippen molar-refractivity contribution in [3.63, 3.8) is 0 Å². The van der Waals surface area contributed by atoms with Gasteiger partial charge in [0.05, 0.1) is 0 Å². The van der Waals surface area contributed by atoms with Gasteiger partial charge in [0.25, 0.3) is 0 Å². The molecule has 0 radical (unpaired) electrons. The molecule has 0 nitrogen and oxygen atoms in total. The van der Waals surface area contributed by atoms with Gasteiger partial charge in [-0.1, -0.05) is 97.1 Å². The lowest BCUT2D eigenvalue weighted by Gasteiger charge is -2.19. The van der Waals surface area contributed by atoms with Crippen LogP contribution in [0.15, 0.2) is 108 Å². The third-order valence-electron chi connectivity index (χ3n) is 4.62. The molecule has 1 unspecified atom stereocenters. The molecule has 0 aliphatic heterocycles. The van der Waals surface area contributed by atoms with Crippen molar-refractivity contribution in [3.05, 3.63) is 103 Å². The molecule has 0 spiro atoms. The van der Waals surface area contributed by atoms with Crippen LogP contribution in [0.1, 0.15) is 0 Å². The van der Waals surface area contributed by atoms with Crippen LogP contribution >= 0.6 is 21.0 Å². The van der Waals surface area contributed by atoms with Gasteiger partial charge in [-0.2, -0.15) is 0 Å². The van der Waals surface area contributed by atoms with Gasteiger partial charge >= 0.3 is 0 Å². The molecular formula is C25H21PS. The van der Waals surface area contributed by atoms with Crippen LogP contribution in [0, 0.1) is 0 Å². The maximum atomic E-state index is 2.83. The van der Waals surface area contributed by atoms with E-state index in [0.29, 0.717) is 0 Å². The van der Waals surface area contributed by atoms with Crippen LogP contribution < -0.4 is 0 Å². The second kappa shape index (κ2) is 8.57. The van der Waals surface area contributed by atoms with Gasteiger partial charge < -0.3 is 0 Å². The highest BCUT2D eigenvalue weighted by Crippen LogP contribution is 2.45. The summed E-state index contributed by atoms with van der Waals surface area (Å²) in [5.74, 6) is 0. The summed E-state index contributed by atoms with van der Waals surface area (Å²) >= 11 is 1.87. The topological polar surface area (TPSA) is 0 Å². The Kier molecular flexibility index (Phi) is 5.72. The second-order valence-corrected chi connectivity index (χ2v) is 8.33. The highest BCUT2D eigenvalue weighted by Gasteiger charge is 2.17. The van der Waals surface area contributed by atoms with Crippen molar-refractivity contribution in [1.82, 2.24) is 0 Å². The van der Waals surface area contributed by atoms with Gasteiger partial charge in [-0.25, -0.2) is 0 Å². The van der Waals surface area contributed by atoms with Crippen LogP contribution in [-0.2, 0) is 0 Å². The summed E-state index contributed by atoms with van der Waals surface area (Å²) in [5, 5.41) is 0. The van der Waals surface area contributed by atoms with E-state index in [1.807, 2.05) is 11.8 Å². The Bertz CT molecular complexity index is 1010. The minimum absolute atomic E-state index is 0.971. The zero-order chi connectivity index (χ0) is 18.5. The first-order chi connectivity index (χ1) is 13.4. The summed E-state index contributed by atoms with van der Waals surface area (Å²) in [6.07, 6.45) is 0. The minimum Gasteiger partial charge on any atom is -0.127 e. The Labute approximate surface area is 167 Å². The number of hydrogen-bond donors (Lipinski definition) is 0. The van der Waals surface area contributed by atoms with E-state index in [2.05, 4.69) is 112 Å². The second-order valence-electron chi connectivity index (χ2n) is 6.27. The smallest absolute Gasteiger partial charge is 0.0161 e. The average Bonchev–Trinajstić information content (AvgIpc) is 2.75. The van der Waals surface area contributed by atoms with Gasteiger partial charge in [0.1, 0.15) is 0 Å². The van der Waals surface area contributed by atoms with Crippen LogP contribution in [0.25, 0.3) is 33.4 Å². The fraction of sp³-hybridized carbons (Fsp3) is 0.0400. The van der Waals surface area contributed by atoms with E-state index >= 15 is 0 Å². The minimum atomic E-state index is 0.971. The number of thioether (sulfide) groups is 1. The van der Waals surface area contributed by atoms with Crippen molar-refractivity contribution < 1.29 is 0 Å². The lowest BCUT2D eigenvalue weighted by Crippen LogP contribution is -1.93. The normalized spacial score (nSPS) is 10.7. The molecule has 0 saturated heterocycles. The molecule has 0 aliphatic carbocycles. The molecule has 0 amide bonds. The van der Waals surface area contributed by atoms with Crippen LogP contribution in [0.2, 0.25) is 0 Å². The maximum absolute atomic E-state index is 2.83. The van der Waals surface area contributed by atoms with Crippen LogP contribution in [-0.4, -0.2) is 5.49 Å². The molecule has 4 rings (SSSR count). The van der Waals surface area contributed by atoms with Gasteiger partial charge in [0, 0.05) is 16.0 Å². The molecule has 0 heterocycles. The van der Waals surface area contributed by atoms with Crippen molar-refractivity contribution in [3.8, 4) is 33.4 Å². The first-order valence-electron chi connectivity index (χ1n) is 9.04. The first-order valence-corrected chi connectivity index (χ1v) is 10.8. The zero-order valence-electron chi connectivity index (χ0n) is 15.0. The fourth-order valence-electron chi connectivity index (χ4n) is 3.45. The molecule has 27 heavy (non-hydrogen) atoms. The zero-order valence-corrected chi connectivity index (χ0v) is 17.0. The molecule has 0 fully saturated rings. The van der Waals surface area contributed by atoms with E-state index in [-0.39, 0.29) is 0 Å². The largest absolute Gasteiger partial charge is 0.127 e. The number of rotatable bonds is 5. The summed E-state index contributed by atoms with van der Waals surface area (Å²) < 4.78 is 0. The van der Waals surface area contributed by atoms with Gasteiger partial charge in [0.15, 0.2) is 0 Å². The third-order valence-corrected chi connectivity index (χ3v) is 5.93. The van der Waals surface area contributed by atoms with Crippen LogP contribution in [0.5, 0.6) is 0 Å². The van der Waals surface area contributed by atoms with E-state index < -0.39 is 0 Å². The van der Waals surface area contributed by atoms with Crippen molar-refractivity contribution in [2.24, 2.45) is 0 Å². The van der Waals surface area contributed by atoms with E-state index in [1.54, 1.807) is 0 Å². The lowest BCUT2D eigenvalue weighted by molar-refractivity contribution is 1.43. The predicted octanol–water partition coefficient (Wildman–Crippen LogP) is 7.61. The molecule has 2 heteroatoms. The fourth-order valence-corrected chi connectivity index (χ4v) is 4.69. The molecule has 132 valence electrons. The molecule has 0 saturated carbocycles. The summed E-state index contributed by atoms with van der Waals surface area (Å²) in [4.78, 5) is 1.31. The highest BCUT2D eigenvalue weighted by atomic mass is 32.2. The van der Waals surface area contributed by atoms with Crippen molar-refractivity contribution in [1.29, 1.82) is 0 Å². The molecule has 4 aromatic rings. The molecule has 1 atom stereocenters. The van der Waals surface area contributed by atoms with E-state index in [1.165, 1.54) is 38.3 Å². The Balaban J connectivity index is 2.08. The van der Waals surface area contributed by atoms with E-state index in [9.17, 15) is 0 Å². The van der Waals surface area contributed by atoms with Crippen LogP contribution in [0.3, 0.4) is 0 Å². The quantitative estimate of drug-likeness (QED) is 0.252. The Morgan fingerprint density at radius 1 is 0.519 bits per heavy atom. The summed E-state index contributed by atoms with van der Waals surface area (Å²) in [6.45, 7) is 0. The molecule has 0 bridgehead atoms. The van der Waals surface area contributed by atoms with Gasteiger partial charge in [-0.15, -0.1) is 21.0 Å². The van der Waals surface area contributed by atoms with E-state index in [0.717, 1.165) is 5.49 Å². The van der Waals surface area contributed by atoms with Gasteiger partial charge in [0.2, 0.25) is 0 Å². The summed E-state index contributed by atoms with van der Waals surface area (Å²) in [6, 6.07) is 36.7. The number of hydrogen-bond acceptors (Lipinski definition) is 1. The van der Waals surface area contributed by atoms with Crippen molar-refractivity contribution in [2.45, 2.75) is 4.90 Å². The monoisotopic (exact) mass is 384 g/mol. The predicted molar refractivity (Wildman–Crippen MR) is 123 cm³/mol. The Morgan fingerprint density at radius 2 is 1.00 bits per heavy atom. The summed E-state index contributed by atoms with van der Waals surface area (Å²) in [5.41, 5.74) is 8.62. The average molecular weight is 384 g/mol. The Morgan fingerprint density at radius 3 is 1.52 bits per heavy atom. The lowest BCUT2D eigenvalue weighted by atomic mass is 9.87. The molecule has 0 N–H and O–H groups in total. The van der Waals surface area contributed by atoms with Crippen LogP contribution in [0.4, 0.5) is 0 Å². The molecule has 0 aromatic heterocycles. The number of benzene rings is 4. The Hall–Kier alpha value is -2.34. The first kappa shape index (κ1) is 18.0. The maximum Gasteiger partial charge on any atom is 0.0161 e. The SMILES string of the molecule is PCSc1ccc(-c2ccccc2)c(-c2ccccc2)c1-c1ccccc1. The van der Waals surface area contributed by atoms with Crippen molar-refractivity contribution >= 4 is 21.0 Å². The molecule has 4 aromatic carbocycles. The highest BCUT2D eigenvalue weighted by molar-refractivity contribution is 8.02. The van der Waals surface area contributed by atoms with Gasteiger partial charge in [-0.3, -0.25) is 0 Å².